The monoisotopic (exact) mass is 353 g/mol. The van der Waals surface area contributed by atoms with Crippen molar-refractivity contribution in [2.24, 2.45) is 5.92 Å². The van der Waals surface area contributed by atoms with Crippen molar-refractivity contribution < 1.29 is 19.4 Å². The van der Waals surface area contributed by atoms with Gasteiger partial charge in [-0.3, -0.25) is 9.59 Å². The number of carboxylic acids is 1. The van der Waals surface area contributed by atoms with E-state index in [9.17, 15) is 9.59 Å². The van der Waals surface area contributed by atoms with Gasteiger partial charge in [0.25, 0.3) is 0 Å². The molecule has 2 rings (SSSR count). The molecular weight excluding hydrogens is 330 g/mol. The van der Waals surface area contributed by atoms with E-state index in [2.05, 4.69) is 0 Å². The normalized spacial score (nSPS) is 17.6. The molecule has 0 aromatic heterocycles. The standard InChI is InChI=1S/C18H24ClNO4/c1-2-24-18-14(6-3-7-15(18)19)11-16(21)20-10-4-5-13(12-20)8-9-17(22)23/h3,6-7,13H,2,4-5,8-12H2,1H3,(H,22,23). The molecule has 1 saturated heterocycles. The minimum atomic E-state index is -0.779. The van der Waals surface area contributed by atoms with Gasteiger partial charge in [-0.15, -0.1) is 0 Å². The first-order valence-corrected chi connectivity index (χ1v) is 8.78. The second kappa shape index (κ2) is 8.92. The van der Waals surface area contributed by atoms with Crippen LogP contribution in [0.15, 0.2) is 18.2 Å². The quantitative estimate of drug-likeness (QED) is 0.816. The average Bonchev–Trinajstić information content (AvgIpc) is 2.56. The summed E-state index contributed by atoms with van der Waals surface area (Å²) in [5.41, 5.74) is 0.794. The van der Waals surface area contributed by atoms with Crippen molar-refractivity contribution in [3.63, 3.8) is 0 Å². The lowest BCUT2D eigenvalue weighted by atomic mass is 9.93. The van der Waals surface area contributed by atoms with Gasteiger partial charge in [-0.1, -0.05) is 23.7 Å². The molecule has 1 aliphatic rings. The highest BCUT2D eigenvalue weighted by Gasteiger charge is 2.25. The summed E-state index contributed by atoms with van der Waals surface area (Å²) in [5.74, 6) is 0.107. The summed E-state index contributed by atoms with van der Waals surface area (Å²) in [5, 5.41) is 9.33. The molecule has 24 heavy (non-hydrogen) atoms. The lowest BCUT2D eigenvalue weighted by Crippen LogP contribution is -2.40. The summed E-state index contributed by atoms with van der Waals surface area (Å²) >= 11 is 6.17. The van der Waals surface area contributed by atoms with Gasteiger partial charge < -0.3 is 14.7 Å². The van der Waals surface area contributed by atoms with Crippen LogP contribution in [-0.4, -0.2) is 41.6 Å². The van der Waals surface area contributed by atoms with Crippen LogP contribution in [-0.2, 0) is 16.0 Å². The van der Waals surface area contributed by atoms with E-state index in [1.54, 1.807) is 6.07 Å². The number of rotatable bonds is 7. The van der Waals surface area contributed by atoms with Crippen LogP contribution in [0.4, 0.5) is 0 Å². The molecule has 1 aromatic carbocycles. The summed E-state index contributed by atoms with van der Waals surface area (Å²) in [6, 6.07) is 5.43. The second-order valence-electron chi connectivity index (χ2n) is 6.12. The van der Waals surface area contributed by atoms with Crippen LogP contribution in [0.1, 0.15) is 38.2 Å². The maximum atomic E-state index is 12.6. The van der Waals surface area contributed by atoms with E-state index in [0.29, 0.717) is 30.3 Å². The zero-order valence-electron chi connectivity index (χ0n) is 14.0. The Morgan fingerprint density at radius 1 is 1.42 bits per heavy atom. The molecule has 1 unspecified atom stereocenters. The molecule has 1 heterocycles. The molecule has 132 valence electrons. The number of carbonyl (C=O) groups excluding carboxylic acids is 1. The Morgan fingerprint density at radius 2 is 2.21 bits per heavy atom. The van der Waals surface area contributed by atoms with E-state index >= 15 is 0 Å². The zero-order valence-corrected chi connectivity index (χ0v) is 14.7. The number of halogens is 1. The van der Waals surface area contributed by atoms with Crippen molar-refractivity contribution >= 4 is 23.5 Å². The first-order chi connectivity index (χ1) is 11.5. The molecule has 0 bridgehead atoms. The van der Waals surface area contributed by atoms with Gasteiger partial charge in [0.2, 0.25) is 5.91 Å². The fourth-order valence-electron chi connectivity index (χ4n) is 3.13. The van der Waals surface area contributed by atoms with Crippen LogP contribution < -0.4 is 4.74 Å². The number of carbonyl (C=O) groups is 2. The van der Waals surface area contributed by atoms with Crippen molar-refractivity contribution in [3.05, 3.63) is 28.8 Å². The first kappa shape index (κ1) is 18.6. The Labute approximate surface area is 147 Å². The number of amides is 1. The van der Waals surface area contributed by atoms with E-state index in [1.807, 2.05) is 24.0 Å². The Hall–Kier alpha value is -1.75. The first-order valence-electron chi connectivity index (χ1n) is 8.41. The molecule has 0 radical (unpaired) electrons. The summed E-state index contributed by atoms with van der Waals surface area (Å²) in [7, 11) is 0. The summed E-state index contributed by atoms with van der Waals surface area (Å²) in [6.07, 6.45) is 2.94. The van der Waals surface area contributed by atoms with Crippen LogP contribution >= 0.6 is 11.6 Å². The number of carboxylic acid groups (broad SMARTS) is 1. The zero-order chi connectivity index (χ0) is 17.5. The van der Waals surface area contributed by atoms with Crippen LogP contribution in [0.25, 0.3) is 0 Å². The Bertz CT molecular complexity index is 590. The van der Waals surface area contributed by atoms with E-state index < -0.39 is 5.97 Å². The van der Waals surface area contributed by atoms with Crippen molar-refractivity contribution in [2.45, 2.75) is 39.0 Å². The van der Waals surface area contributed by atoms with E-state index in [1.165, 1.54) is 0 Å². The lowest BCUT2D eigenvalue weighted by Gasteiger charge is -2.33. The van der Waals surface area contributed by atoms with Gasteiger partial charge in [-0.25, -0.2) is 0 Å². The summed E-state index contributed by atoms with van der Waals surface area (Å²) < 4.78 is 5.57. The van der Waals surface area contributed by atoms with Crippen molar-refractivity contribution in [1.82, 2.24) is 4.90 Å². The summed E-state index contributed by atoms with van der Waals surface area (Å²) in [4.78, 5) is 25.2. The minimum Gasteiger partial charge on any atom is -0.492 e. The number of aliphatic carboxylic acids is 1. The SMILES string of the molecule is CCOc1c(Cl)cccc1CC(=O)N1CCCC(CCC(=O)O)C1. The molecule has 0 aliphatic carbocycles. The minimum absolute atomic E-state index is 0.0400. The van der Waals surface area contributed by atoms with E-state index in [-0.39, 0.29) is 24.7 Å². The van der Waals surface area contributed by atoms with E-state index in [0.717, 1.165) is 24.9 Å². The average molecular weight is 354 g/mol. The van der Waals surface area contributed by atoms with Crippen LogP contribution in [0, 0.1) is 5.92 Å². The topological polar surface area (TPSA) is 66.8 Å². The van der Waals surface area contributed by atoms with Gasteiger partial charge in [0, 0.05) is 25.1 Å². The second-order valence-corrected chi connectivity index (χ2v) is 6.53. The van der Waals surface area contributed by atoms with Crippen molar-refractivity contribution in [1.29, 1.82) is 0 Å². The number of benzene rings is 1. The molecule has 1 amide bonds. The number of piperidine rings is 1. The third kappa shape index (κ3) is 5.13. The smallest absolute Gasteiger partial charge is 0.303 e. The number of para-hydroxylation sites is 1. The van der Waals surface area contributed by atoms with Gasteiger partial charge in [0.1, 0.15) is 5.75 Å². The highest BCUT2D eigenvalue weighted by Crippen LogP contribution is 2.30. The highest BCUT2D eigenvalue weighted by atomic mass is 35.5. The molecule has 1 aliphatic heterocycles. The van der Waals surface area contributed by atoms with Gasteiger partial charge in [0.15, 0.2) is 0 Å². The lowest BCUT2D eigenvalue weighted by molar-refractivity contribution is -0.137. The van der Waals surface area contributed by atoms with Crippen LogP contribution in [0.5, 0.6) is 5.75 Å². The summed E-state index contributed by atoms with van der Waals surface area (Å²) in [6.45, 7) is 3.74. The number of nitrogens with zero attached hydrogens (tertiary/aromatic N) is 1. The van der Waals surface area contributed by atoms with Gasteiger partial charge in [-0.05, 0) is 38.2 Å². The Balaban J connectivity index is 1.99. The molecule has 1 atom stereocenters. The molecule has 1 aromatic rings. The Morgan fingerprint density at radius 3 is 2.92 bits per heavy atom. The molecule has 1 N–H and O–H groups in total. The third-order valence-corrected chi connectivity index (χ3v) is 4.61. The fourth-order valence-corrected chi connectivity index (χ4v) is 3.38. The number of ether oxygens (including phenoxy) is 1. The van der Waals surface area contributed by atoms with Gasteiger partial charge in [0.05, 0.1) is 18.1 Å². The van der Waals surface area contributed by atoms with Crippen LogP contribution in [0.3, 0.4) is 0 Å². The molecule has 0 spiro atoms. The molecule has 1 fully saturated rings. The van der Waals surface area contributed by atoms with Gasteiger partial charge >= 0.3 is 5.97 Å². The molecule has 0 saturated carbocycles. The predicted octanol–water partition coefficient (Wildman–Crippen LogP) is 3.38. The molecule has 6 heteroatoms. The molecular formula is C18H24ClNO4. The van der Waals surface area contributed by atoms with Crippen LogP contribution in [0.2, 0.25) is 5.02 Å². The van der Waals surface area contributed by atoms with E-state index in [4.69, 9.17) is 21.4 Å². The Kier molecular flexibility index (Phi) is 6.91. The van der Waals surface area contributed by atoms with Crippen molar-refractivity contribution in [3.8, 4) is 5.75 Å². The number of hydrogen-bond donors (Lipinski definition) is 1. The van der Waals surface area contributed by atoms with Crippen molar-refractivity contribution in [2.75, 3.05) is 19.7 Å². The molecule has 5 nitrogen and oxygen atoms in total. The third-order valence-electron chi connectivity index (χ3n) is 4.32. The number of hydrogen-bond acceptors (Lipinski definition) is 3. The highest BCUT2D eigenvalue weighted by molar-refractivity contribution is 6.32. The largest absolute Gasteiger partial charge is 0.492 e. The fraction of sp³-hybridized carbons (Fsp3) is 0.556. The predicted molar refractivity (Wildman–Crippen MR) is 92.5 cm³/mol. The van der Waals surface area contributed by atoms with Gasteiger partial charge in [-0.2, -0.15) is 0 Å². The number of likely N-dealkylation sites (tertiary alicyclic amines) is 1. The maximum absolute atomic E-state index is 12.6. The maximum Gasteiger partial charge on any atom is 0.303 e.